The predicted molar refractivity (Wildman–Crippen MR) is 84.3 cm³/mol. The average molecular weight is 284 g/mol. The molecule has 0 atom stereocenters. The van der Waals surface area contributed by atoms with Crippen LogP contribution in [0.1, 0.15) is 23.2 Å². The number of benzene rings is 2. The highest BCUT2D eigenvalue weighted by Gasteiger charge is 2.33. The van der Waals surface area contributed by atoms with Crippen molar-refractivity contribution in [1.82, 2.24) is 4.90 Å². The molecule has 1 fully saturated rings. The summed E-state index contributed by atoms with van der Waals surface area (Å²) in [6.45, 7) is 1.17. The largest absolute Gasteiger partial charge is 0.398 e. The molecule has 0 spiro atoms. The molecule has 4 heteroatoms. The monoisotopic (exact) mass is 284 g/mol. The van der Waals surface area contributed by atoms with Crippen LogP contribution in [0.15, 0.2) is 36.4 Å². The Kier molecular flexibility index (Phi) is 3.80. The molecule has 1 aliphatic carbocycles. The van der Waals surface area contributed by atoms with Crippen molar-refractivity contribution in [1.29, 1.82) is 0 Å². The molecule has 0 aliphatic heterocycles. The lowest BCUT2D eigenvalue weighted by Crippen LogP contribution is -2.36. The quantitative estimate of drug-likeness (QED) is 0.859. The topological polar surface area (TPSA) is 55.6 Å². The Balaban J connectivity index is 1.93. The van der Waals surface area contributed by atoms with Crippen molar-refractivity contribution in [2.24, 2.45) is 0 Å². The van der Waals surface area contributed by atoms with Crippen molar-refractivity contribution in [2.75, 3.05) is 26.0 Å². The third-order valence-corrected chi connectivity index (χ3v) is 3.93. The van der Waals surface area contributed by atoms with Crippen LogP contribution in [0.2, 0.25) is 0 Å². The van der Waals surface area contributed by atoms with Gasteiger partial charge in [0.2, 0.25) is 0 Å². The van der Waals surface area contributed by atoms with Crippen LogP contribution >= 0.6 is 0 Å². The van der Waals surface area contributed by atoms with E-state index < -0.39 is 0 Å². The predicted octanol–water partition coefficient (Wildman–Crippen LogP) is 2.67. The van der Waals surface area contributed by atoms with Crippen LogP contribution in [-0.2, 0) is 4.74 Å². The summed E-state index contributed by atoms with van der Waals surface area (Å²) in [6.07, 6.45) is 2.14. The third kappa shape index (κ3) is 2.85. The van der Waals surface area contributed by atoms with E-state index in [-0.39, 0.29) is 5.91 Å². The number of nitrogens with two attached hydrogens (primary N) is 1. The highest BCUT2D eigenvalue weighted by atomic mass is 16.5. The Morgan fingerprint density at radius 1 is 1.29 bits per heavy atom. The van der Waals surface area contributed by atoms with Crippen LogP contribution in [0.3, 0.4) is 0 Å². The number of nitrogen functional groups attached to an aromatic ring is 1. The van der Waals surface area contributed by atoms with E-state index in [2.05, 4.69) is 0 Å². The molecule has 0 unspecified atom stereocenters. The van der Waals surface area contributed by atoms with Crippen molar-refractivity contribution in [3.63, 3.8) is 0 Å². The molecule has 0 bridgehead atoms. The molecule has 110 valence electrons. The highest BCUT2D eigenvalue weighted by molar-refractivity contribution is 6.04. The number of carbonyl (C=O) groups is 1. The number of amides is 1. The second-order valence-electron chi connectivity index (χ2n) is 5.51. The first-order valence-corrected chi connectivity index (χ1v) is 7.29. The molecule has 1 amide bonds. The van der Waals surface area contributed by atoms with Gasteiger partial charge >= 0.3 is 0 Å². The zero-order valence-electron chi connectivity index (χ0n) is 12.2. The van der Waals surface area contributed by atoms with E-state index in [9.17, 15) is 4.79 Å². The Bertz CT molecular complexity index is 665. The van der Waals surface area contributed by atoms with Crippen LogP contribution in [0.4, 0.5) is 5.69 Å². The zero-order chi connectivity index (χ0) is 14.8. The molecule has 0 aromatic heterocycles. The summed E-state index contributed by atoms with van der Waals surface area (Å²) in [7, 11) is 1.65. The number of fused-ring (bicyclic) bond motifs is 1. The Labute approximate surface area is 124 Å². The van der Waals surface area contributed by atoms with Crippen molar-refractivity contribution in [3.8, 4) is 0 Å². The lowest BCUT2D eigenvalue weighted by molar-refractivity contribution is 0.0681. The first-order valence-electron chi connectivity index (χ1n) is 7.29. The van der Waals surface area contributed by atoms with Gasteiger partial charge in [-0.1, -0.05) is 24.3 Å². The molecule has 1 saturated carbocycles. The maximum Gasteiger partial charge on any atom is 0.256 e. The van der Waals surface area contributed by atoms with Gasteiger partial charge in [-0.3, -0.25) is 4.79 Å². The smallest absolute Gasteiger partial charge is 0.256 e. The van der Waals surface area contributed by atoms with Gasteiger partial charge in [0.1, 0.15) is 0 Å². The Hall–Kier alpha value is -2.07. The van der Waals surface area contributed by atoms with Crippen LogP contribution in [0, 0.1) is 0 Å². The first-order chi connectivity index (χ1) is 10.2. The minimum atomic E-state index is 0.0119. The summed E-state index contributed by atoms with van der Waals surface area (Å²) in [4.78, 5) is 14.7. The third-order valence-electron chi connectivity index (χ3n) is 3.93. The van der Waals surface area contributed by atoms with E-state index in [1.807, 2.05) is 41.3 Å². The standard InChI is InChI=1S/C17H20N2O2/c1-21-9-8-19(14-6-7-14)17(20)15-10-12-4-2-3-5-13(12)11-16(15)18/h2-5,10-11,14H,6-9,18H2,1H3. The maximum atomic E-state index is 12.8. The fraction of sp³-hybridized carbons (Fsp3) is 0.353. The summed E-state index contributed by atoms with van der Waals surface area (Å²) < 4.78 is 5.11. The minimum absolute atomic E-state index is 0.0119. The van der Waals surface area contributed by atoms with Gasteiger partial charge in [-0.15, -0.1) is 0 Å². The van der Waals surface area contributed by atoms with E-state index in [1.165, 1.54) is 0 Å². The summed E-state index contributed by atoms with van der Waals surface area (Å²) in [5.74, 6) is 0.0119. The highest BCUT2D eigenvalue weighted by Crippen LogP contribution is 2.30. The number of hydrogen-bond acceptors (Lipinski definition) is 3. The number of hydrogen-bond donors (Lipinski definition) is 1. The molecule has 3 rings (SSSR count). The van der Waals surface area contributed by atoms with Crippen molar-refractivity contribution in [3.05, 3.63) is 42.0 Å². The first kappa shape index (κ1) is 13.9. The molecular formula is C17H20N2O2. The van der Waals surface area contributed by atoms with E-state index >= 15 is 0 Å². The number of anilines is 1. The van der Waals surface area contributed by atoms with E-state index in [1.54, 1.807) is 7.11 Å². The van der Waals surface area contributed by atoms with Gasteiger partial charge < -0.3 is 15.4 Å². The van der Waals surface area contributed by atoms with Gasteiger partial charge in [0.05, 0.1) is 12.2 Å². The molecule has 0 heterocycles. The van der Waals surface area contributed by atoms with Crippen LogP contribution in [-0.4, -0.2) is 37.1 Å². The second kappa shape index (κ2) is 5.74. The molecule has 0 saturated heterocycles. The number of nitrogens with zero attached hydrogens (tertiary/aromatic N) is 1. The van der Waals surface area contributed by atoms with Crippen molar-refractivity contribution in [2.45, 2.75) is 18.9 Å². The Morgan fingerprint density at radius 2 is 1.95 bits per heavy atom. The molecule has 2 aromatic carbocycles. The number of carbonyl (C=O) groups excluding carboxylic acids is 1. The summed E-state index contributed by atoms with van der Waals surface area (Å²) in [5, 5.41) is 2.10. The van der Waals surface area contributed by atoms with Gasteiger partial charge in [0.15, 0.2) is 0 Å². The molecule has 0 radical (unpaired) electrons. The van der Waals surface area contributed by atoms with Crippen LogP contribution in [0.25, 0.3) is 10.8 Å². The lowest BCUT2D eigenvalue weighted by atomic mass is 10.0. The fourth-order valence-corrected chi connectivity index (χ4v) is 2.62. The molecule has 2 N–H and O–H groups in total. The molecule has 4 nitrogen and oxygen atoms in total. The molecule has 1 aliphatic rings. The number of ether oxygens (including phenoxy) is 1. The summed E-state index contributed by atoms with van der Waals surface area (Å²) in [6, 6.07) is 12.1. The number of methoxy groups -OCH3 is 1. The molecule has 21 heavy (non-hydrogen) atoms. The van der Waals surface area contributed by atoms with Gasteiger partial charge in [-0.2, -0.15) is 0 Å². The number of rotatable bonds is 5. The second-order valence-corrected chi connectivity index (χ2v) is 5.51. The summed E-state index contributed by atoms with van der Waals surface area (Å²) in [5.41, 5.74) is 7.23. The van der Waals surface area contributed by atoms with E-state index in [4.69, 9.17) is 10.5 Å². The maximum absolute atomic E-state index is 12.8. The Morgan fingerprint density at radius 3 is 2.57 bits per heavy atom. The van der Waals surface area contributed by atoms with Crippen LogP contribution < -0.4 is 5.73 Å². The van der Waals surface area contributed by atoms with Crippen molar-refractivity contribution < 1.29 is 9.53 Å². The summed E-state index contributed by atoms with van der Waals surface area (Å²) >= 11 is 0. The van der Waals surface area contributed by atoms with Gasteiger partial charge in [0, 0.05) is 25.4 Å². The van der Waals surface area contributed by atoms with E-state index in [0.717, 1.165) is 23.6 Å². The normalized spacial score (nSPS) is 14.3. The SMILES string of the molecule is COCCN(C(=O)c1cc2ccccc2cc1N)C1CC1. The fourth-order valence-electron chi connectivity index (χ4n) is 2.62. The molecular weight excluding hydrogens is 264 g/mol. The van der Waals surface area contributed by atoms with E-state index in [0.29, 0.717) is 30.4 Å². The van der Waals surface area contributed by atoms with Crippen LogP contribution in [0.5, 0.6) is 0 Å². The zero-order valence-corrected chi connectivity index (χ0v) is 12.2. The van der Waals surface area contributed by atoms with Gasteiger partial charge in [0.25, 0.3) is 5.91 Å². The van der Waals surface area contributed by atoms with Crippen molar-refractivity contribution >= 4 is 22.4 Å². The lowest BCUT2D eigenvalue weighted by Gasteiger charge is -2.23. The molecule has 2 aromatic rings. The van der Waals surface area contributed by atoms with Gasteiger partial charge in [-0.05, 0) is 35.7 Å². The average Bonchev–Trinajstić information content (AvgIpc) is 3.31. The minimum Gasteiger partial charge on any atom is -0.398 e. The van der Waals surface area contributed by atoms with Gasteiger partial charge in [-0.25, -0.2) is 0 Å².